The van der Waals surface area contributed by atoms with Gasteiger partial charge in [0.2, 0.25) is 11.0 Å². The second-order valence-electron chi connectivity index (χ2n) is 7.17. The highest BCUT2D eigenvalue weighted by Gasteiger charge is 2.30. The van der Waals surface area contributed by atoms with Crippen LogP contribution < -0.4 is 5.32 Å². The van der Waals surface area contributed by atoms with Crippen LogP contribution in [0.1, 0.15) is 24.5 Å². The van der Waals surface area contributed by atoms with E-state index in [-0.39, 0.29) is 11.9 Å². The molecular formula is C19H25N5OS. The zero-order valence-corrected chi connectivity index (χ0v) is 15.9. The van der Waals surface area contributed by atoms with Crippen molar-refractivity contribution in [2.24, 2.45) is 0 Å². The van der Waals surface area contributed by atoms with Crippen LogP contribution in [0.3, 0.4) is 0 Å². The van der Waals surface area contributed by atoms with Crippen LogP contribution in [-0.4, -0.2) is 64.2 Å². The first-order valence-corrected chi connectivity index (χ1v) is 10.2. The minimum absolute atomic E-state index is 0.00321. The van der Waals surface area contributed by atoms with E-state index in [0.717, 1.165) is 45.4 Å². The number of carbonyl (C=O) groups is 1. The van der Waals surface area contributed by atoms with E-state index in [1.807, 2.05) is 6.92 Å². The van der Waals surface area contributed by atoms with E-state index in [0.29, 0.717) is 11.2 Å². The van der Waals surface area contributed by atoms with Gasteiger partial charge in [-0.15, -0.1) is 10.2 Å². The van der Waals surface area contributed by atoms with E-state index < -0.39 is 0 Å². The van der Waals surface area contributed by atoms with E-state index >= 15 is 0 Å². The van der Waals surface area contributed by atoms with Crippen LogP contribution in [-0.2, 0) is 17.6 Å². The molecule has 1 atom stereocenters. The minimum atomic E-state index is -0.153. The fourth-order valence-corrected chi connectivity index (χ4v) is 4.55. The number of anilines is 1. The fraction of sp³-hybridized carbons (Fsp3) is 0.526. The highest BCUT2D eigenvalue weighted by Crippen LogP contribution is 2.26. The Morgan fingerprint density at radius 2 is 1.96 bits per heavy atom. The molecule has 6 nitrogen and oxygen atoms in total. The summed E-state index contributed by atoms with van der Waals surface area (Å²) in [6.07, 6.45) is 3.41. The van der Waals surface area contributed by atoms with Crippen molar-refractivity contribution in [3.05, 3.63) is 40.9 Å². The van der Waals surface area contributed by atoms with Crippen LogP contribution in [0, 0.1) is 0 Å². The second-order valence-corrected chi connectivity index (χ2v) is 8.00. The van der Waals surface area contributed by atoms with Crippen molar-refractivity contribution in [3.8, 4) is 0 Å². The normalized spacial score (nSPS) is 20.5. The molecule has 1 aromatic heterocycles. The monoisotopic (exact) mass is 371 g/mol. The second kappa shape index (κ2) is 7.82. The predicted molar refractivity (Wildman–Crippen MR) is 103 cm³/mol. The molecule has 1 amide bonds. The molecule has 2 aromatic rings. The predicted octanol–water partition coefficient (Wildman–Crippen LogP) is 2.04. The van der Waals surface area contributed by atoms with Crippen LogP contribution in [0.25, 0.3) is 0 Å². The van der Waals surface area contributed by atoms with Gasteiger partial charge in [-0.3, -0.25) is 19.9 Å². The van der Waals surface area contributed by atoms with Gasteiger partial charge in [0.25, 0.3) is 0 Å². The summed E-state index contributed by atoms with van der Waals surface area (Å²) < 4.78 is 0. The van der Waals surface area contributed by atoms with E-state index in [4.69, 9.17) is 0 Å². The van der Waals surface area contributed by atoms with Crippen molar-refractivity contribution in [1.29, 1.82) is 0 Å². The average molecular weight is 372 g/mol. The SMILES string of the molecule is C[C@@H](C(=O)Nc1nncs1)N1CCCN(C2Cc3ccccc3C2)CC1. The Balaban J connectivity index is 1.33. The van der Waals surface area contributed by atoms with Crippen molar-refractivity contribution in [3.63, 3.8) is 0 Å². The van der Waals surface area contributed by atoms with Gasteiger partial charge in [-0.1, -0.05) is 35.6 Å². The summed E-state index contributed by atoms with van der Waals surface area (Å²) in [5, 5.41) is 11.1. The van der Waals surface area contributed by atoms with Gasteiger partial charge in [-0.25, -0.2) is 0 Å². The van der Waals surface area contributed by atoms with Crippen LogP contribution >= 0.6 is 11.3 Å². The number of hydrogen-bond donors (Lipinski definition) is 1. The number of fused-ring (bicyclic) bond motifs is 1. The molecule has 4 rings (SSSR count). The third-order valence-electron chi connectivity index (χ3n) is 5.63. The molecule has 1 saturated heterocycles. The zero-order valence-electron chi connectivity index (χ0n) is 15.1. The first kappa shape index (κ1) is 17.6. The number of benzene rings is 1. The molecule has 0 radical (unpaired) electrons. The Morgan fingerprint density at radius 3 is 2.65 bits per heavy atom. The molecule has 2 heterocycles. The lowest BCUT2D eigenvalue weighted by Crippen LogP contribution is -2.44. The van der Waals surface area contributed by atoms with E-state index in [2.05, 4.69) is 49.6 Å². The molecule has 0 bridgehead atoms. The molecule has 2 aliphatic rings. The molecule has 138 valence electrons. The maximum Gasteiger partial charge on any atom is 0.243 e. The molecule has 0 unspecified atom stereocenters. The maximum absolute atomic E-state index is 12.5. The summed E-state index contributed by atoms with van der Waals surface area (Å²) in [5.41, 5.74) is 4.63. The number of amides is 1. The van der Waals surface area contributed by atoms with E-state index in [9.17, 15) is 4.79 Å². The Morgan fingerprint density at radius 1 is 1.19 bits per heavy atom. The fourth-order valence-electron chi connectivity index (χ4n) is 4.11. The Hall–Kier alpha value is -1.83. The number of rotatable bonds is 4. The van der Waals surface area contributed by atoms with Crippen LogP contribution in [0.5, 0.6) is 0 Å². The van der Waals surface area contributed by atoms with E-state index in [1.165, 1.54) is 22.5 Å². The molecule has 7 heteroatoms. The first-order valence-electron chi connectivity index (χ1n) is 9.32. The highest BCUT2D eigenvalue weighted by atomic mass is 32.1. The number of nitrogens with zero attached hydrogens (tertiary/aromatic N) is 4. The van der Waals surface area contributed by atoms with E-state index in [1.54, 1.807) is 5.51 Å². The van der Waals surface area contributed by atoms with Gasteiger partial charge in [-0.05, 0) is 43.9 Å². The molecule has 0 saturated carbocycles. The molecule has 1 aliphatic carbocycles. The molecule has 1 fully saturated rings. The quantitative estimate of drug-likeness (QED) is 0.891. The van der Waals surface area contributed by atoms with Crippen molar-refractivity contribution in [2.75, 3.05) is 31.5 Å². The van der Waals surface area contributed by atoms with Crippen molar-refractivity contribution >= 4 is 22.4 Å². The van der Waals surface area contributed by atoms with Gasteiger partial charge >= 0.3 is 0 Å². The molecule has 0 spiro atoms. The van der Waals surface area contributed by atoms with Gasteiger partial charge in [-0.2, -0.15) is 0 Å². The van der Waals surface area contributed by atoms with Crippen molar-refractivity contribution in [1.82, 2.24) is 20.0 Å². The summed E-state index contributed by atoms with van der Waals surface area (Å²) in [4.78, 5) is 17.4. The Bertz CT molecular complexity index is 725. The average Bonchev–Trinajstić information content (AvgIpc) is 3.25. The van der Waals surface area contributed by atoms with Crippen molar-refractivity contribution < 1.29 is 4.79 Å². The number of nitrogens with one attached hydrogen (secondary N) is 1. The standard InChI is InChI=1S/C19H25N5OS/c1-14(18(25)21-19-22-20-13-26-19)23-7-4-8-24(10-9-23)17-11-15-5-2-3-6-16(15)12-17/h2-3,5-6,13-14,17H,4,7-12H2,1H3,(H,21,22,25)/t14-/m0/s1. The van der Waals surface area contributed by atoms with Gasteiger partial charge < -0.3 is 0 Å². The summed E-state index contributed by atoms with van der Waals surface area (Å²) in [5.74, 6) is 0.00321. The maximum atomic E-state index is 12.5. The minimum Gasteiger partial charge on any atom is -0.299 e. The van der Waals surface area contributed by atoms with Gasteiger partial charge in [0, 0.05) is 25.7 Å². The molecule has 26 heavy (non-hydrogen) atoms. The zero-order chi connectivity index (χ0) is 17.9. The molecule has 1 N–H and O–H groups in total. The van der Waals surface area contributed by atoms with Crippen LogP contribution in [0.2, 0.25) is 0 Å². The Kier molecular flexibility index (Phi) is 5.28. The van der Waals surface area contributed by atoms with Crippen LogP contribution in [0.15, 0.2) is 29.8 Å². The summed E-state index contributed by atoms with van der Waals surface area (Å²) in [6.45, 7) is 6.00. The molecular weight excluding hydrogens is 346 g/mol. The van der Waals surface area contributed by atoms with Gasteiger partial charge in [0.1, 0.15) is 5.51 Å². The highest BCUT2D eigenvalue weighted by molar-refractivity contribution is 7.13. The third kappa shape index (κ3) is 3.79. The smallest absolute Gasteiger partial charge is 0.243 e. The van der Waals surface area contributed by atoms with Crippen molar-refractivity contribution in [2.45, 2.75) is 38.3 Å². The van der Waals surface area contributed by atoms with Gasteiger partial charge in [0.05, 0.1) is 6.04 Å². The largest absolute Gasteiger partial charge is 0.299 e. The summed E-state index contributed by atoms with van der Waals surface area (Å²) in [6, 6.07) is 9.27. The number of hydrogen-bond acceptors (Lipinski definition) is 6. The molecule has 1 aromatic carbocycles. The summed E-state index contributed by atoms with van der Waals surface area (Å²) >= 11 is 1.35. The lowest BCUT2D eigenvalue weighted by Gasteiger charge is -2.29. The first-order chi connectivity index (χ1) is 12.7. The van der Waals surface area contributed by atoms with Gasteiger partial charge in [0.15, 0.2) is 0 Å². The molecule has 1 aliphatic heterocycles. The summed E-state index contributed by atoms with van der Waals surface area (Å²) in [7, 11) is 0. The number of carbonyl (C=O) groups excluding carboxylic acids is 1. The lowest BCUT2D eigenvalue weighted by molar-refractivity contribution is -0.120. The Labute approximate surface area is 158 Å². The topological polar surface area (TPSA) is 61.4 Å². The third-order valence-corrected chi connectivity index (χ3v) is 6.23. The van der Waals surface area contributed by atoms with Crippen LogP contribution in [0.4, 0.5) is 5.13 Å². The number of aromatic nitrogens is 2. The lowest BCUT2D eigenvalue weighted by atomic mass is 10.1.